The summed E-state index contributed by atoms with van der Waals surface area (Å²) in [6.45, 7) is 1.36. The number of thiocarbonyl (C=S) groups is 1. The Morgan fingerprint density at radius 1 is 1.35 bits per heavy atom. The number of carbonyl (C=O) groups is 1. The van der Waals surface area contributed by atoms with E-state index in [1.165, 1.54) is 0 Å². The molecule has 1 saturated heterocycles. The van der Waals surface area contributed by atoms with Gasteiger partial charge in [0.15, 0.2) is 0 Å². The first kappa shape index (κ1) is 13.0. The number of nitrogens with zero attached hydrogens (tertiary/aromatic N) is 4. The van der Waals surface area contributed by atoms with E-state index < -0.39 is 0 Å². The van der Waals surface area contributed by atoms with Crippen LogP contribution >= 0.6 is 12.2 Å². The molecule has 1 aliphatic rings. The Morgan fingerprint density at radius 2 is 2.10 bits per heavy atom. The molecule has 0 aliphatic carbocycles. The number of aromatic nitrogens is 3. The van der Waals surface area contributed by atoms with E-state index in [0.717, 1.165) is 18.4 Å². The van der Waals surface area contributed by atoms with E-state index in [9.17, 15) is 4.79 Å². The molecule has 0 atom stereocenters. The fourth-order valence-corrected chi connectivity index (χ4v) is 2.77. The van der Waals surface area contributed by atoms with E-state index in [4.69, 9.17) is 18.0 Å². The number of carbonyl (C=O) groups excluding carboxylic acids is 1. The minimum atomic E-state index is -0.00519. The molecular weight excluding hydrogens is 274 g/mol. The van der Waals surface area contributed by atoms with Crippen LogP contribution in [0.3, 0.4) is 0 Å². The zero-order valence-electron chi connectivity index (χ0n) is 10.9. The second-order valence-corrected chi connectivity index (χ2v) is 5.40. The van der Waals surface area contributed by atoms with Gasteiger partial charge in [0.1, 0.15) is 0 Å². The lowest BCUT2D eigenvalue weighted by Gasteiger charge is -2.31. The van der Waals surface area contributed by atoms with E-state index >= 15 is 0 Å². The number of amides is 1. The highest BCUT2D eigenvalue weighted by Crippen LogP contribution is 2.20. The predicted octanol–water partition coefficient (Wildman–Crippen LogP) is 0.868. The first-order valence-corrected chi connectivity index (χ1v) is 6.93. The van der Waals surface area contributed by atoms with Crippen LogP contribution in [-0.2, 0) is 0 Å². The molecule has 0 bridgehead atoms. The number of rotatable bonds is 2. The van der Waals surface area contributed by atoms with Gasteiger partial charge in [-0.25, -0.2) is 4.52 Å². The van der Waals surface area contributed by atoms with Gasteiger partial charge in [-0.1, -0.05) is 12.2 Å². The van der Waals surface area contributed by atoms with Crippen molar-refractivity contribution >= 4 is 28.6 Å². The molecule has 2 N–H and O–H groups in total. The highest BCUT2D eigenvalue weighted by atomic mass is 32.1. The van der Waals surface area contributed by atoms with Gasteiger partial charge in [-0.15, -0.1) is 0 Å². The molecule has 1 amide bonds. The third-order valence-corrected chi connectivity index (χ3v) is 4.07. The zero-order chi connectivity index (χ0) is 14.1. The second kappa shape index (κ2) is 5.16. The van der Waals surface area contributed by atoms with Crippen molar-refractivity contribution in [3.63, 3.8) is 0 Å². The van der Waals surface area contributed by atoms with Crippen molar-refractivity contribution < 1.29 is 4.79 Å². The molecular formula is C13H15N5OS. The SMILES string of the molecule is NC(=S)C1CCN(C(=O)c2cnn3ccncc23)CC1. The van der Waals surface area contributed by atoms with Gasteiger partial charge in [0.2, 0.25) is 0 Å². The third kappa shape index (κ3) is 2.24. The molecule has 3 rings (SSSR count). The molecule has 0 unspecified atom stereocenters. The largest absolute Gasteiger partial charge is 0.393 e. The molecule has 7 heteroatoms. The molecule has 6 nitrogen and oxygen atoms in total. The molecule has 1 fully saturated rings. The number of nitrogens with two attached hydrogens (primary N) is 1. The Morgan fingerprint density at radius 3 is 2.80 bits per heavy atom. The highest BCUT2D eigenvalue weighted by molar-refractivity contribution is 7.80. The van der Waals surface area contributed by atoms with Crippen molar-refractivity contribution in [1.82, 2.24) is 19.5 Å². The predicted molar refractivity (Wildman–Crippen MR) is 78.4 cm³/mol. The molecule has 3 heterocycles. The average molecular weight is 289 g/mol. The zero-order valence-corrected chi connectivity index (χ0v) is 11.7. The van der Waals surface area contributed by atoms with E-state index in [2.05, 4.69) is 10.1 Å². The summed E-state index contributed by atoms with van der Waals surface area (Å²) in [4.78, 5) is 19.0. The van der Waals surface area contributed by atoms with Crippen LogP contribution in [0.2, 0.25) is 0 Å². The van der Waals surface area contributed by atoms with E-state index in [0.29, 0.717) is 23.6 Å². The van der Waals surface area contributed by atoms with Crippen molar-refractivity contribution in [3.8, 4) is 0 Å². The lowest BCUT2D eigenvalue weighted by molar-refractivity contribution is 0.0712. The standard InChI is InChI=1S/C13H15N5OS/c14-12(20)9-1-4-17(5-2-9)13(19)10-7-16-18-6-3-15-8-11(10)18/h3,6-9H,1-2,4-5H2,(H2,14,20). The third-order valence-electron chi connectivity index (χ3n) is 3.74. The van der Waals surface area contributed by atoms with Gasteiger partial charge >= 0.3 is 0 Å². The van der Waals surface area contributed by atoms with E-state index in [1.54, 1.807) is 29.3 Å². The quantitative estimate of drug-likeness (QED) is 0.830. The molecule has 104 valence electrons. The number of hydrogen-bond acceptors (Lipinski definition) is 4. The van der Waals surface area contributed by atoms with Gasteiger partial charge < -0.3 is 10.6 Å². The minimum Gasteiger partial charge on any atom is -0.393 e. The van der Waals surface area contributed by atoms with Crippen molar-refractivity contribution in [2.24, 2.45) is 11.7 Å². The highest BCUT2D eigenvalue weighted by Gasteiger charge is 2.26. The van der Waals surface area contributed by atoms with Gasteiger partial charge in [-0.3, -0.25) is 9.78 Å². The van der Waals surface area contributed by atoms with Gasteiger partial charge in [0.05, 0.1) is 28.5 Å². The van der Waals surface area contributed by atoms with Crippen LogP contribution in [-0.4, -0.2) is 43.5 Å². The van der Waals surface area contributed by atoms with Crippen LogP contribution < -0.4 is 5.73 Å². The number of piperidine rings is 1. The summed E-state index contributed by atoms with van der Waals surface area (Å²) in [5, 5.41) is 4.17. The van der Waals surface area contributed by atoms with Crippen molar-refractivity contribution in [3.05, 3.63) is 30.4 Å². The number of hydrogen-bond donors (Lipinski definition) is 1. The summed E-state index contributed by atoms with van der Waals surface area (Å²) in [6, 6.07) is 0. The Labute approximate surface area is 121 Å². The maximum Gasteiger partial charge on any atom is 0.257 e. The number of fused-ring (bicyclic) bond motifs is 1. The maximum atomic E-state index is 12.5. The van der Waals surface area contributed by atoms with Crippen LogP contribution in [0.4, 0.5) is 0 Å². The summed E-state index contributed by atoms with van der Waals surface area (Å²) in [5.41, 5.74) is 6.98. The molecule has 20 heavy (non-hydrogen) atoms. The second-order valence-electron chi connectivity index (χ2n) is 4.93. The van der Waals surface area contributed by atoms with Crippen LogP contribution in [0.15, 0.2) is 24.8 Å². The lowest BCUT2D eigenvalue weighted by atomic mass is 9.96. The first-order valence-electron chi connectivity index (χ1n) is 6.53. The van der Waals surface area contributed by atoms with Gasteiger partial charge in [0, 0.05) is 31.4 Å². The Balaban J connectivity index is 1.78. The average Bonchev–Trinajstić information content (AvgIpc) is 2.90. The van der Waals surface area contributed by atoms with E-state index in [-0.39, 0.29) is 11.8 Å². The summed E-state index contributed by atoms with van der Waals surface area (Å²) in [5.74, 6) is 0.244. The van der Waals surface area contributed by atoms with Crippen molar-refractivity contribution in [2.75, 3.05) is 13.1 Å². The lowest BCUT2D eigenvalue weighted by Crippen LogP contribution is -2.41. The normalized spacial score (nSPS) is 16.5. The van der Waals surface area contributed by atoms with Crippen LogP contribution in [0.5, 0.6) is 0 Å². The maximum absolute atomic E-state index is 12.5. The van der Waals surface area contributed by atoms with Crippen LogP contribution in [0, 0.1) is 5.92 Å². The Hall–Kier alpha value is -2.02. The fourth-order valence-electron chi connectivity index (χ4n) is 2.54. The van der Waals surface area contributed by atoms with Gasteiger partial charge in [0.25, 0.3) is 5.91 Å². The minimum absolute atomic E-state index is 0.00519. The fraction of sp³-hybridized carbons (Fsp3) is 0.385. The van der Waals surface area contributed by atoms with Gasteiger partial charge in [-0.2, -0.15) is 5.10 Å². The Bertz CT molecular complexity index is 660. The van der Waals surface area contributed by atoms with Crippen molar-refractivity contribution in [2.45, 2.75) is 12.8 Å². The molecule has 0 spiro atoms. The molecule has 2 aromatic rings. The summed E-state index contributed by atoms with van der Waals surface area (Å²) < 4.78 is 1.65. The molecule has 0 saturated carbocycles. The van der Waals surface area contributed by atoms with Crippen LogP contribution in [0.25, 0.3) is 5.52 Å². The topological polar surface area (TPSA) is 76.5 Å². The summed E-state index contributed by atoms with van der Waals surface area (Å²) in [7, 11) is 0. The summed E-state index contributed by atoms with van der Waals surface area (Å²) in [6.07, 6.45) is 8.28. The Kier molecular flexibility index (Phi) is 3.35. The molecule has 2 aromatic heterocycles. The summed E-state index contributed by atoms with van der Waals surface area (Å²) >= 11 is 5.02. The van der Waals surface area contributed by atoms with Crippen molar-refractivity contribution in [1.29, 1.82) is 0 Å². The first-order chi connectivity index (χ1) is 9.66. The smallest absolute Gasteiger partial charge is 0.257 e. The molecule has 1 aliphatic heterocycles. The van der Waals surface area contributed by atoms with E-state index in [1.807, 2.05) is 4.90 Å². The van der Waals surface area contributed by atoms with Gasteiger partial charge in [-0.05, 0) is 12.8 Å². The monoisotopic (exact) mass is 289 g/mol. The molecule has 0 radical (unpaired) electrons. The number of likely N-dealkylation sites (tertiary alicyclic amines) is 1. The van der Waals surface area contributed by atoms with Crippen LogP contribution in [0.1, 0.15) is 23.2 Å². The molecule has 0 aromatic carbocycles.